The van der Waals surface area contributed by atoms with Crippen LogP contribution in [0, 0.1) is 11.6 Å². The molecule has 1 aromatic heterocycles. The highest BCUT2D eigenvalue weighted by atomic mass is 35.5. The zero-order chi connectivity index (χ0) is 17.4. The van der Waals surface area contributed by atoms with Gasteiger partial charge < -0.3 is 11.1 Å². The van der Waals surface area contributed by atoms with Crippen LogP contribution >= 0.6 is 23.7 Å². The summed E-state index contributed by atoms with van der Waals surface area (Å²) in [6, 6.07) is 3.82. The van der Waals surface area contributed by atoms with Gasteiger partial charge in [0, 0.05) is 23.9 Å². The average molecular weight is 390 g/mol. The number of benzene rings is 1. The van der Waals surface area contributed by atoms with Gasteiger partial charge in [-0.2, -0.15) is 0 Å². The molecule has 0 bridgehead atoms. The number of hydrogen-bond donors (Lipinski definition) is 2. The average Bonchev–Trinajstić information content (AvgIpc) is 2.97. The second kappa shape index (κ2) is 11.1. The molecule has 0 unspecified atom stereocenters. The molecule has 0 aliphatic rings. The van der Waals surface area contributed by atoms with Crippen molar-refractivity contribution in [1.82, 2.24) is 4.98 Å². The Morgan fingerprint density at radius 3 is 2.64 bits per heavy atom. The van der Waals surface area contributed by atoms with E-state index in [9.17, 15) is 13.6 Å². The van der Waals surface area contributed by atoms with Gasteiger partial charge in [0.2, 0.25) is 5.91 Å². The van der Waals surface area contributed by atoms with Crippen molar-refractivity contribution in [3.63, 3.8) is 0 Å². The number of nitrogens with two attached hydrogens (primary N) is 1. The van der Waals surface area contributed by atoms with Crippen LogP contribution in [0.15, 0.2) is 24.4 Å². The third kappa shape index (κ3) is 7.46. The highest BCUT2D eigenvalue weighted by Gasteiger charge is 2.09. The summed E-state index contributed by atoms with van der Waals surface area (Å²) >= 11 is 1.34. The van der Waals surface area contributed by atoms with Gasteiger partial charge in [0.05, 0.1) is 0 Å². The molecule has 8 heteroatoms. The van der Waals surface area contributed by atoms with Crippen LogP contribution in [0.1, 0.15) is 42.5 Å². The Hall–Kier alpha value is -1.57. The number of hydrogen-bond acceptors (Lipinski definition) is 4. The van der Waals surface area contributed by atoms with E-state index in [1.165, 1.54) is 23.5 Å². The van der Waals surface area contributed by atoms with Crippen molar-refractivity contribution in [3.05, 3.63) is 46.5 Å². The van der Waals surface area contributed by atoms with Crippen molar-refractivity contribution in [3.8, 4) is 0 Å². The molecule has 3 N–H and O–H groups in total. The van der Waals surface area contributed by atoms with E-state index in [4.69, 9.17) is 5.73 Å². The lowest BCUT2D eigenvalue weighted by Crippen LogP contribution is -2.10. The topological polar surface area (TPSA) is 68.0 Å². The van der Waals surface area contributed by atoms with Crippen molar-refractivity contribution in [2.24, 2.45) is 5.73 Å². The number of amides is 1. The van der Waals surface area contributed by atoms with Crippen LogP contribution in [0.3, 0.4) is 0 Å². The maximum Gasteiger partial charge on any atom is 0.226 e. The number of halogens is 3. The van der Waals surface area contributed by atoms with Crippen LogP contribution in [0.2, 0.25) is 0 Å². The Morgan fingerprint density at radius 2 is 1.92 bits per heavy atom. The summed E-state index contributed by atoms with van der Waals surface area (Å²) in [4.78, 5) is 16.9. The number of carbonyl (C=O) groups is 1. The van der Waals surface area contributed by atoms with Gasteiger partial charge in [0.1, 0.15) is 0 Å². The van der Waals surface area contributed by atoms with E-state index in [1.807, 2.05) is 0 Å². The third-order valence-corrected chi connectivity index (χ3v) is 4.43. The standard InChI is InChI=1S/C17H21F2N3OS.ClH/c18-14-7-6-12(10-15(14)19)9-13-11-21-17(24-13)22-16(23)5-3-1-2-4-8-20;/h6-7,10-11H,1-5,8-9,20H2,(H,21,22,23);1H. The summed E-state index contributed by atoms with van der Waals surface area (Å²) in [5.74, 6) is -1.78. The summed E-state index contributed by atoms with van der Waals surface area (Å²) in [6.45, 7) is 0.687. The molecule has 0 radical (unpaired) electrons. The first-order valence-corrected chi connectivity index (χ1v) is 8.78. The minimum absolute atomic E-state index is 0. The number of nitrogens with one attached hydrogen (secondary N) is 1. The van der Waals surface area contributed by atoms with Crippen LogP contribution in [0.4, 0.5) is 13.9 Å². The highest BCUT2D eigenvalue weighted by molar-refractivity contribution is 7.15. The molecule has 1 amide bonds. The van der Waals surface area contributed by atoms with Gasteiger partial charge in [-0.25, -0.2) is 13.8 Å². The maximum atomic E-state index is 13.2. The first-order valence-electron chi connectivity index (χ1n) is 7.97. The molecule has 25 heavy (non-hydrogen) atoms. The van der Waals surface area contributed by atoms with E-state index in [1.54, 1.807) is 6.20 Å². The summed E-state index contributed by atoms with van der Waals surface area (Å²) in [5, 5.41) is 3.30. The molecule has 0 saturated carbocycles. The fraction of sp³-hybridized carbons (Fsp3) is 0.412. The van der Waals surface area contributed by atoms with Crippen molar-refractivity contribution in [2.45, 2.75) is 38.5 Å². The van der Waals surface area contributed by atoms with Crippen molar-refractivity contribution >= 4 is 34.8 Å². The van der Waals surface area contributed by atoms with E-state index < -0.39 is 11.6 Å². The summed E-state index contributed by atoms with van der Waals surface area (Å²) in [6.07, 6.45) is 6.40. The van der Waals surface area contributed by atoms with Crippen LogP contribution in [0.25, 0.3) is 0 Å². The lowest BCUT2D eigenvalue weighted by Gasteiger charge is -2.02. The molecule has 2 aromatic rings. The predicted octanol–water partition coefficient (Wildman–Crippen LogP) is 4.28. The van der Waals surface area contributed by atoms with E-state index in [-0.39, 0.29) is 18.3 Å². The first kappa shape index (κ1) is 21.5. The normalized spacial score (nSPS) is 10.4. The Bertz CT molecular complexity index is 682. The Balaban J connectivity index is 0.00000312. The van der Waals surface area contributed by atoms with Crippen LogP contribution < -0.4 is 11.1 Å². The minimum Gasteiger partial charge on any atom is -0.330 e. The van der Waals surface area contributed by atoms with Crippen LogP contribution in [0.5, 0.6) is 0 Å². The van der Waals surface area contributed by atoms with E-state index in [0.29, 0.717) is 30.1 Å². The first-order chi connectivity index (χ1) is 11.6. The molecule has 1 heterocycles. The van der Waals surface area contributed by atoms with E-state index >= 15 is 0 Å². The molecule has 0 fully saturated rings. The molecule has 0 atom stereocenters. The number of carbonyl (C=O) groups excluding carboxylic acids is 1. The smallest absolute Gasteiger partial charge is 0.226 e. The zero-order valence-corrected chi connectivity index (χ0v) is 15.4. The van der Waals surface area contributed by atoms with Gasteiger partial charge in [0.15, 0.2) is 16.8 Å². The number of nitrogens with zero attached hydrogens (tertiary/aromatic N) is 1. The van der Waals surface area contributed by atoms with Crippen molar-refractivity contribution < 1.29 is 13.6 Å². The van der Waals surface area contributed by atoms with Gasteiger partial charge in [-0.05, 0) is 37.1 Å². The van der Waals surface area contributed by atoms with Crippen molar-refractivity contribution in [1.29, 1.82) is 0 Å². The molecule has 2 rings (SSSR count). The van der Waals surface area contributed by atoms with Crippen molar-refractivity contribution in [2.75, 3.05) is 11.9 Å². The molecule has 0 saturated heterocycles. The van der Waals surface area contributed by atoms with E-state index in [0.717, 1.165) is 36.6 Å². The molecular weight excluding hydrogens is 368 g/mol. The largest absolute Gasteiger partial charge is 0.330 e. The monoisotopic (exact) mass is 389 g/mol. The highest BCUT2D eigenvalue weighted by Crippen LogP contribution is 2.22. The van der Waals surface area contributed by atoms with Gasteiger partial charge in [-0.3, -0.25) is 4.79 Å². The number of aromatic nitrogens is 1. The Morgan fingerprint density at radius 1 is 1.16 bits per heavy atom. The molecule has 138 valence electrons. The molecule has 1 aromatic carbocycles. The minimum atomic E-state index is -0.861. The summed E-state index contributed by atoms with van der Waals surface area (Å²) in [7, 11) is 0. The number of anilines is 1. The second-order valence-electron chi connectivity index (χ2n) is 5.56. The number of rotatable bonds is 9. The molecule has 0 aliphatic heterocycles. The predicted molar refractivity (Wildman–Crippen MR) is 99.3 cm³/mol. The number of unbranched alkanes of at least 4 members (excludes halogenated alkanes) is 3. The summed E-state index contributed by atoms with van der Waals surface area (Å²) in [5.41, 5.74) is 6.08. The molecule has 0 aliphatic carbocycles. The number of thiazole rings is 1. The zero-order valence-electron chi connectivity index (χ0n) is 13.8. The van der Waals surface area contributed by atoms with Gasteiger partial charge in [-0.1, -0.05) is 18.9 Å². The maximum absolute atomic E-state index is 13.2. The lowest BCUT2D eigenvalue weighted by atomic mass is 10.1. The SMILES string of the molecule is Cl.NCCCCCCC(=O)Nc1ncc(Cc2ccc(F)c(F)c2)s1. The molecular formula is C17H22ClF2N3OS. The third-order valence-electron chi connectivity index (χ3n) is 3.52. The van der Waals surface area contributed by atoms with Gasteiger partial charge in [-0.15, -0.1) is 23.7 Å². The van der Waals surface area contributed by atoms with Crippen LogP contribution in [-0.2, 0) is 11.2 Å². The quantitative estimate of drug-likeness (QED) is 0.629. The lowest BCUT2D eigenvalue weighted by molar-refractivity contribution is -0.116. The second-order valence-corrected chi connectivity index (χ2v) is 6.67. The van der Waals surface area contributed by atoms with Gasteiger partial charge >= 0.3 is 0 Å². The van der Waals surface area contributed by atoms with E-state index in [2.05, 4.69) is 10.3 Å². The van der Waals surface area contributed by atoms with Crippen LogP contribution in [-0.4, -0.2) is 17.4 Å². The molecule has 4 nitrogen and oxygen atoms in total. The fourth-order valence-electron chi connectivity index (χ4n) is 2.26. The Kier molecular flexibility index (Phi) is 9.55. The van der Waals surface area contributed by atoms with Gasteiger partial charge in [0.25, 0.3) is 0 Å². The fourth-order valence-corrected chi connectivity index (χ4v) is 3.13. The summed E-state index contributed by atoms with van der Waals surface area (Å²) < 4.78 is 26.1. The molecule has 0 spiro atoms. The Labute approximate surface area is 156 Å².